The summed E-state index contributed by atoms with van der Waals surface area (Å²) in [5.41, 5.74) is 11.0. The topological polar surface area (TPSA) is 143 Å². The molecule has 6 bridgehead atoms. The number of likely N-dealkylation sites (tertiary alicyclic amines) is 1. The lowest BCUT2D eigenvalue weighted by Crippen LogP contribution is -2.62. The van der Waals surface area contributed by atoms with Crippen molar-refractivity contribution < 1.29 is 33.4 Å². The number of nitrogens with one attached hydrogen (secondary N) is 2. The minimum Gasteiger partial charge on any atom is -0.464 e. The molecule has 2 N–H and O–H groups in total. The van der Waals surface area contributed by atoms with Crippen LogP contribution in [-0.2, 0) is 52.8 Å². The zero-order chi connectivity index (χ0) is 46.7. The van der Waals surface area contributed by atoms with Crippen molar-refractivity contribution >= 4 is 40.5 Å². The molecule has 2 fully saturated rings. The number of nitrogens with zero attached hydrogens (tertiary/aromatic N) is 4. The van der Waals surface area contributed by atoms with E-state index < -0.39 is 47.2 Å². The van der Waals surface area contributed by atoms with Crippen LogP contribution in [0, 0.1) is 17.3 Å². The first kappa shape index (κ1) is 47.2. The number of cyclic esters (lactones) is 1. The molecule has 2 saturated heterocycles. The Kier molecular flexibility index (Phi) is 14.3. The molecule has 3 aliphatic rings. The van der Waals surface area contributed by atoms with Gasteiger partial charge in [0.15, 0.2) is 0 Å². The molecule has 4 heterocycles. The Hall–Kier alpha value is -5.79. The number of benzene rings is 3. The Bertz CT molecular complexity index is 2460. The highest BCUT2D eigenvalue weighted by Crippen LogP contribution is 2.42. The molecule has 4 aromatic rings. The lowest BCUT2D eigenvalue weighted by atomic mass is 9.83. The number of likely N-dealkylation sites (N-methyl/N-ethyl adjacent to an activating group) is 1. The molecule has 65 heavy (non-hydrogen) atoms. The third kappa shape index (κ3) is 9.91. The molecule has 0 unspecified atom stereocenters. The molecule has 346 valence electrons. The summed E-state index contributed by atoms with van der Waals surface area (Å²) in [6.07, 6.45) is 3.39. The van der Waals surface area contributed by atoms with E-state index in [1.807, 2.05) is 32.0 Å². The van der Waals surface area contributed by atoms with E-state index in [2.05, 4.69) is 98.1 Å². The highest BCUT2D eigenvalue weighted by Gasteiger charge is 2.40. The van der Waals surface area contributed by atoms with E-state index in [9.17, 15) is 24.0 Å². The van der Waals surface area contributed by atoms with Crippen LogP contribution in [0.3, 0.4) is 0 Å². The van der Waals surface area contributed by atoms with Gasteiger partial charge < -0.3 is 29.2 Å². The second kappa shape index (κ2) is 19.8. The van der Waals surface area contributed by atoms with Gasteiger partial charge in [0.1, 0.15) is 18.1 Å². The highest BCUT2D eigenvalue weighted by atomic mass is 16.5. The van der Waals surface area contributed by atoms with E-state index in [1.54, 1.807) is 19.1 Å². The number of methoxy groups -OCH3 is 1. The van der Waals surface area contributed by atoms with Crippen molar-refractivity contribution in [2.75, 3.05) is 40.4 Å². The molecule has 0 spiro atoms. The molecule has 13 heteroatoms. The summed E-state index contributed by atoms with van der Waals surface area (Å²) in [6.45, 7) is 17.7. The van der Waals surface area contributed by atoms with Gasteiger partial charge >= 0.3 is 5.97 Å². The molecule has 3 aromatic carbocycles. The zero-order valence-electron chi connectivity index (χ0n) is 39.3. The van der Waals surface area contributed by atoms with E-state index in [0.29, 0.717) is 38.8 Å². The van der Waals surface area contributed by atoms with Gasteiger partial charge in [0.05, 0.1) is 24.3 Å². The molecule has 7 rings (SSSR count). The summed E-state index contributed by atoms with van der Waals surface area (Å²) >= 11 is 0. The number of ether oxygens (including phenoxy) is 2. The minimum absolute atomic E-state index is 0.144. The fourth-order valence-corrected chi connectivity index (χ4v) is 10.0. The number of fused-ring (bicyclic) bond motifs is 6. The van der Waals surface area contributed by atoms with Crippen molar-refractivity contribution in [2.24, 2.45) is 17.3 Å². The summed E-state index contributed by atoms with van der Waals surface area (Å²) in [7, 11) is 3.34. The monoisotopic (exact) mass is 886 g/mol. The van der Waals surface area contributed by atoms with Gasteiger partial charge in [-0.25, -0.2) is 5.43 Å². The van der Waals surface area contributed by atoms with Gasteiger partial charge in [-0.3, -0.25) is 29.0 Å². The number of esters is 1. The van der Waals surface area contributed by atoms with Gasteiger partial charge in [0.25, 0.3) is 5.91 Å². The van der Waals surface area contributed by atoms with Gasteiger partial charge in [-0.1, -0.05) is 88.9 Å². The third-order valence-corrected chi connectivity index (χ3v) is 13.5. The lowest BCUT2D eigenvalue weighted by Gasteiger charge is -2.37. The van der Waals surface area contributed by atoms with Crippen molar-refractivity contribution in [1.29, 1.82) is 0 Å². The fraction of sp³-hybridized carbons (Fsp3) is 0.481. The second-order valence-corrected chi connectivity index (χ2v) is 19.1. The van der Waals surface area contributed by atoms with E-state index in [1.165, 1.54) is 16.0 Å². The summed E-state index contributed by atoms with van der Waals surface area (Å²) in [5, 5.41) is 5.61. The maximum Gasteiger partial charge on any atom is 0.324 e. The van der Waals surface area contributed by atoms with Crippen molar-refractivity contribution in [3.63, 3.8) is 0 Å². The van der Waals surface area contributed by atoms with Crippen LogP contribution in [-0.4, -0.2) is 107 Å². The zero-order valence-corrected chi connectivity index (χ0v) is 39.3. The summed E-state index contributed by atoms with van der Waals surface area (Å²) in [6, 6.07) is 20.3. The Morgan fingerprint density at radius 1 is 1.02 bits per heavy atom. The Balaban J connectivity index is 1.29. The average molecular weight is 887 g/mol. The number of hydrogen-bond donors (Lipinski definition) is 2. The van der Waals surface area contributed by atoms with E-state index in [-0.39, 0.29) is 43.4 Å². The van der Waals surface area contributed by atoms with Crippen LogP contribution in [0.2, 0.25) is 0 Å². The molecule has 0 saturated carbocycles. The highest BCUT2D eigenvalue weighted by molar-refractivity contribution is 5.96. The van der Waals surface area contributed by atoms with Crippen LogP contribution in [0.15, 0.2) is 79.4 Å². The maximum absolute atomic E-state index is 14.7. The number of hydrogen-bond acceptors (Lipinski definition) is 8. The fourth-order valence-electron chi connectivity index (χ4n) is 10.0. The Morgan fingerprint density at radius 3 is 2.49 bits per heavy atom. The van der Waals surface area contributed by atoms with Gasteiger partial charge in [0.2, 0.25) is 17.7 Å². The molecule has 4 amide bonds. The number of carbonyl (C=O) groups excluding carboxylic acids is 5. The summed E-state index contributed by atoms with van der Waals surface area (Å²) in [4.78, 5) is 72.4. The average Bonchev–Trinajstić information content (AvgIpc) is 3.92. The van der Waals surface area contributed by atoms with Crippen LogP contribution >= 0.6 is 0 Å². The quantitative estimate of drug-likeness (QED) is 0.130. The predicted octanol–water partition coefficient (Wildman–Crippen LogP) is 6.87. The molecule has 5 atom stereocenters. The molecular formula is C52H66N6O7. The molecule has 0 aliphatic carbocycles. The van der Waals surface area contributed by atoms with E-state index in [4.69, 9.17) is 9.47 Å². The molecule has 3 aliphatic heterocycles. The third-order valence-electron chi connectivity index (χ3n) is 13.5. The number of rotatable bonds is 10. The van der Waals surface area contributed by atoms with Crippen molar-refractivity contribution in [3.8, 4) is 22.4 Å². The summed E-state index contributed by atoms with van der Waals surface area (Å²) in [5.74, 6) is -2.53. The van der Waals surface area contributed by atoms with Gasteiger partial charge in [0, 0.05) is 68.6 Å². The maximum atomic E-state index is 14.7. The Labute approximate surface area is 383 Å². The van der Waals surface area contributed by atoms with Crippen LogP contribution in [0.25, 0.3) is 33.3 Å². The first-order valence-electron chi connectivity index (χ1n) is 23.1. The van der Waals surface area contributed by atoms with Crippen molar-refractivity contribution in [3.05, 3.63) is 96.1 Å². The van der Waals surface area contributed by atoms with Crippen LogP contribution in [0.5, 0.6) is 0 Å². The largest absolute Gasteiger partial charge is 0.464 e. The number of carbonyl (C=O) groups is 5. The van der Waals surface area contributed by atoms with Gasteiger partial charge in [-0.2, -0.15) is 0 Å². The van der Waals surface area contributed by atoms with Crippen LogP contribution in [0.4, 0.5) is 0 Å². The first-order valence-corrected chi connectivity index (χ1v) is 23.1. The molecular weight excluding hydrogens is 821 g/mol. The predicted molar refractivity (Wildman–Crippen MR) is 252 cm³/mol. The van der Waals surface area contributed by atoms with Crippen molar-refractivity contribution in [1.82, 2.24) is 30.1 Å². The molecule has 0 radical (unpaired) electrons. The first-order chi connectivity index (χ1) is 31.0. The minimum atomic E-state index is -1.04. The SMILES string of the molecule is C=CC(=O)N1CC[C@H](C(=O)N(C)[C@H](C(=O)N[C@H]2Cc3cccc(c3)-c3ccc4c(c3)c(c(-c3ccccc3[C@H](C)OC)n4CC)CC(C)(C)COC(=O)[C@@H]3CCCN(N3)C2=O)C(C)C)C1. The Morgan fingerprint density at radius 2 is 1.77 bits per heavy atom. The number of hydrazine groups is 1. The molecule has 1 aromatic heterocycles. The molecule has 13 nitrogen and oxygen atoms in total. The van der Waals surface area contributed by atoms with Crippen LogP contribution < -0.4 is 10.7 Å². The van der Waals surface area contributed by atoms with Gasteiger partial charge in [-0.05, 0) is 91.5 Å². The standard InChI is InChI=1S/C52H66N6O7/c1-10-45(59)56-25-23-37(30-56)49(61)55(8)46(32(3)4)48(60)53-43-27-34-16-14-17-35(26-34)36-21-22-44-40(28-36)41(47(57(44)11-2)39-19-13-12-18-38(39)33(5)64-9)29-52(6,7)31-65-51(63)42-20-15-24-58(54-42)50(43)62/h10,12-14,16-19,21-22,26,28,32-33,37,42-43,46,54H,1,11,15,20,23-25,27,29-31H2,2-9H3,(H,53,60)/t33-,37-,42-,43-,46-/m0/s1. The van der Waals surface area contributed by atoms with Crippen LogP contribution in [0.1, 0.15) is 83.6 Å². The van der Waals surface area contributed by atoms with E-state index >= 15 is 0 Å². The smallest absolute Gasteiger partial charge is 0.324 e. The summed E-state index contributed by atoms with van der Waals surface area (Å²) < 4.78 is 14.4. The number of aryl methyl sites for hydroxylation is 1. The van der Waals surface area contributed by atoms with E-state index in [0.717, 1.165) is 56.5 Å². The van der Waals surface area contributed by atoms with Crippen molar-refractivity contribution in [2.45, 2.75) is 104 Å². The lowest BCUT2D eigenvalue weighted by molar-refractivity contribution is -0.155. The normalized spacial score (nSPS) is 21.1. The second-order valence-electron chi connectivity index (χ2n) is 19.1. The number of amides is 4. The number of aromatic nitrogens is 1. The van der Waals surface area contributed by atoms with Gasteiger partial charge in [-0.15, -0.1) is 0 Å².